The summed E-state index contributed by atoms with van der Waals surface area (Å²) in [6, 6.07) is 15.4. The number of ether oxygens (including phenoxy) is 10. The molecule has 30 nitrogen and oxygen atoms in total. The molecule has 1 unspecified atom stereocenters. The third-order valence-electron chi connectivity index (χ3n) is 10.2. The van der Waals surface area contributed by atoms with Crippen LogP contribution in [0.25, 0.3) is 0 Å². The molecule has 2 atom stereocenters. The van der Waals surface area contributed by atoms with Crippen molar-refractivity contribution in [2.75, 3.05) is 92.5 Å². The molecule has 0 spiro atoms. The zero-order valence-electron chi connectivity index (χ0n) is 43.9. The van der Waals surface area contributed by atoms with Crippen LogP contribution in [-0.2, 0) is 47.6 Å². The number of carbonyl (C=O) groups excluding carboxylic acids is 4. The molecule has 0 heterocycles. The maximum atomic E-state index is 13.0. The van der Waals surface area contributed by atoms with Crippen LogP contribution in [-0.4, -0.2) is 185 Å². The lowest BCUT2D eigenvalue weighted by Gasteiger charge is -2.15. The van der Waals surface area contributed by atoms with Gasteiger partial charge in [-0.25, -0.2) is 29.2 Å². The van der Waals surface area contributed by atoms with Crippen LogP contribution in [0.4, 0.5) is 11.4 Å². The molecule has 0 radical (unpaired) electrons. The number of rotatable bonds is 39. The van der Waals surface area contributed by atoms with Crippen molar-refractivity contribution in [3.05, 3.63) is 107 Å². The first-order valence-electron chi connectivity index (χ1n) is 24.6. The van der Waals surface area contributed by atoms with E-state index < -0.39 is 72.6 Å². The fourth-order valence-corrected chi connectivity index (χ4v) is 6.54. The normalized spacial score (nSPS) is 11.5. The van der Waals surface area contributed by atoms with Crippen molar-refractivity contribution in [1.82, 2.24) is 10.6 Å². The Morgan fingerprint density at radius 3 is 0.939 bits per heavy atom. The Morgan fingerprint density at radius 2 is 0.671 bits per heavy atom. The van der Waals surface area contributed by atoms with Gasteiger partial charge in [0.05, 0.1) is 115 Å². The smallest absolute Gasteiger partial charge is 0.343 e. The molecule has 0 bridgehead atoms. The van der Waals surface area contributed by atoms with Gasteiger partial charge in [0.1, 0.15) is 48.3 Å². The molecule has 14 N–H and O–H groups in total. The zero-order chi connectivity index (χ0) is 59.8. The topological polar surface area (TPSA) is 463 Å². The third kappa shape index (κ3) is 25.6. The molecule has 4 aromatic rings. The number of amides is 2. The Kier molecular flexibility index (Phi) is 27.9. The number of nitrogens with two attached hydrogens (primary N) is 4. The number of carboxylic acid groups (broad SMARTS) is 4. The summed E-state index contributed by atoms with van der Waals surface area (Å²) in [5, 5.41) is 41.2. The van der Waals surface area contributed by atoms with Crippen LogP contribution in [0.3, 0.4) is 0 Å². The molecule has 0 aliphatic heterocycles. The lowest BCUT2D eigenvalue weighted by Crippen LogP contribution is -2.42. The molecular formula is C52H62N8O22. The summed E-state index contributed by atoms with van der Waals surface area (Å²) in [6.45, 7) is 2.61. The van der Waals surface area contributed by atoms with Gasteiger partial charge in [-0.15, -0.1) is 0 Å². The van der Waals surface area contributed by atoms with Gasteiger partial charge >= 0.3 is 35.8 Å². The molecule has 442 valence electrons. The van der Waals surface area contributed by atoms with Gasteiger partial charge in [0.2, 0.25) is 0 Å². The first-order valence-corrected chi connectivity index (χ1v) is 24.6. The predicted octanol–water partition coefficient (Wildman–Crippen LogP) is 0.808. The first kappa shape index (κ1) is 65.1. The number of benzene rings is 4. The molecule has 4 aromatic carbocycles. The van der Waals surface area contributed by atoms with E-state index in [1.165, 1.54) is 72.8 Å². The minimum Gasteiger partial charge on any atom is -0.491 e. The van der Waals surface area contributed by atoms with Crippen molar-refractivity contribution >= 4 is 70.9 Å². The highest BCUT2D eigenvalue weighted by atomic mass is 16.6. The highest BCUT2D eigenvalue weighted by Gasteiger charge is 2.26. The third-order valence-corrected chi connectivity index (χ3v) is 10.2. The number of aliphatic imine (C=N–C) groups is 2. The molecule has 82 heavy (non-hydrogen) atoms. The summed E-state index contributed by atoms with van der Waals surface area (Å²) in [6.07, 6.45) is -1.79. The van der Waals surface area contributed by atoms with Crippen molar-refractivity contribution in [2.45, 2.75) is 24.9 Å². The fraction of sp³-hybridized carbons (Fsp3) is 0.346. The number of carboxylic acids is 4. The SMILES string of the molecule is NC(N)=Nc1ccc(C(=O)Oc2cc(OCCOCCOCCOCCOCCOCCOCCOc3cc(OC(=O)c4ccc(N=C(N)N)cc4)cc(C(=O)N[C@@H](CC(=O)O)C(=O)O)c3)cc(C(=O)NC(CC(=O)O)C(=O)O)c2)cc1. The van der Waals surface area contributed by atoms with Gasteiger partial charge in [0, 0.05) is 23.3 Å². The predicted molar refractivity (Wildman–Crippen MR) is 285 cm³/mol. The fourth-order valence-electron chi connectivity index (χ4n) is 6.54. The maximum Gasteiger partial charge on any atom is 0.343 e. The Morgan fingerprint density at radius 1 is 0.390 bits per heavy atom. The second-order valence-corrected chi connectivity index (χ2v) is 16.6. The van der Waals surface area contributed by atoms with Gasteiger partial charge in [0.15, 0.2) is 11.9 Å². The molecule has 0 aliphatic rings. The van der Waals surface area contributed by atoms with E-state index >= 15 is 0 Å². The van der Waals surface area contributed by atoms with Crippen molar-refractivity contribution in [1.29, 1.82) is 0 Å². The average molecular weight is 1150 g/mol. The van der Waals surface area contributed by atoms with Crippen LogP contribution >= 0.6 is 0 Å². The van der Waals surface area contributed by atoms with E-state index in [2.05, 4.69) is 20.6 Å². The molecule has 0 aromatic heterocycles. The Balaban J connectivity index is 1.08. The molecule has 0 fully saturated rings. The minimum absolute atomic E-state index is 0.0302. The molecule has 4 rings (SSSR count). The first-order chi connectivity index (χ1) is 39.3. The monoisotopic (exact) mass is 1150 g/mol. The van der Waals surface area contributed by atoms with Crippen molar-refractivity contribution < 1.29 is 106 Å². The molecule has 2 amide bonds. The number of carbonyl (C=O) groups is 8. The number of guanidine groups is 2. The van der Waals surface area contributed by atoms with Gasteiger partial charge in [-0.05, 0) is 72.8 Å². The van der Waals surface area contributed by atoms with Crippen LogP contribution in [0.1, 0.15) is 54.3 Å². The van der Waals surface area contributed by atoms with Crippen LogP contribution in [0.5, 0.6) is 23.0 Å². The summed E-state index contributed by atoms with van der Waals surface area (Å²) in [7, 11) is 0. The van der Waals surface area contributed by atoms with Crippen molar-refractivity contribution in [3.8, 4) is 23.0 Å². The highest BCUT2D eigenvalue weighted by Crippen LogP contribution is 2.27. The van der Waals surface area contributed by atoms with E-state index in [1.807, 2.05) is 0 Å². The van der Waals surface area contributed by atoms with E-state index in [4.69, 9.17) is 80.5 Å². The number of hydrogen-bond acceptors (Lipinski definition) is 20. The van der Waals surface area contributed by atoms with E-state index in [-0.39, 0.29) is 136 Å². The molecule has 0 saturated carbocycles. The summed E-state index contributed by atoms with van der Waals surface area (Å²) in [5.74, 6) is -10.2. The highest BCUT2D eigenvalue weighted by molar-refractivity contribution is 6.00. The number of nitrogens with one attached hydrogen (secondary N) is 2. The lowest BCUT2D eigenvalue weighted by atomic mass is 10.1. The van der Waals surface area contributed by atoms with Crippen LogP contribution in [0.2, 0.25) is 0 Å². The van der Waals surface area contributed by atoms with Crippen LogP contribution in [0, 0.1) is 0 Å². The van der Waals surface area contributed by atoms with E-state index in [0.29, 0.717) is 24.6 Å². The van der Waals surface area contributed by atoms with Crippen LogP contribution in [0.15, 0.2) is 94.9 Å². The Hall–Kier alpha value is -9.46. The Labute approximate surface area is 467 Å². The molecule has 30 heteroatoms. The number of hydrogen-bond donors (Lipinski definition) is 10. The van der Waals surface area contributed by atoms with Gasteiger partial charge in [0.25, 0.3) is 11.8 Å². The summed E-state index contributed by atoms with van der Waals surface area (Å²) < 4.78 is 55.5. The van der Waals surface area contributed by atoms with Crippen molar-refractivity contribution in [3.63, 3.8) is 0 Å². The van der Waals surface area contributed by atoms with Gasteiger partial charge in [-0.3, -0.25) is 19.2 Å². The number of aliphatic carboxylic acids is 4. The van der Waals surface area contributed by atoms with Crippen molar-refractivity contribution in [2.24, 2.45) is 32.9 Å². The summed E-state index contributed by atoms with van der Waals surface area (Å²) in [4.78, 5) is 105. The van der Waals surface area contributed by atoms with Gasteiger partial charge in [-0.1, -0.05) is 0 Å². The zero-order valence-corrected chi connectivity index (χ0v) is 43.9. The Bertz CT molecular complexity index is 2650. The molecular weight excluding hydrogens is 1090 g/mol. The lowest BCUT2D eigenvalue weighted by molar-refractivity contribution is -0.145. The van der Waals surface area contributed by atoms with Gasteiger partial charge in [-0.2, -0.15) is 0 Å². The average Bonchev–Trinajstić information content (AvgIpc) is 3.63. The summed E-state index contributed by atoms with van der Waals surface area (Å²) >= 11 is 0. The maximum absolute atomic E-state index is 13.0. The van der Waals surface area contributed by atoms with E-state index in [9.17, 15) is 48.6 Å². The molecule has 0 aliphatic carbocycles. The van der Waals surface area contributed by atoms with E-state index in [1.54, 1.807) is 0 Å². The second kappa shape index (κ2) is 35.2. The second-order valence-electron chi connectivity index (χ2n) is 16.6. The summed E-state index contributed by atoms with van der Waals surface area (Å²) in [5.41, 5.74) is 22.1. The van der Waals surface area contributed by atoms with E-state index in [0.717, 1.165) is 12.1 Å². The minimum atomic E-state index is -1.75. The molecule has 0 saturated heterocycles. The van der Waals surface area contributed by atoms with Crippen LogP contribution < -0.4 is 52.5 Å². The standard InChI is InChI=1S/C52H62N8O22/c53-51(54)57-35-5-1-31(2-6-35)49(71)81-39-25-33(45(65)59-41(47(67)68)29-43(61)62)23-37(27-39)79-21-19-77-17-15-75-13-11-73-9-10-74-12-14-76-16-18-78-20-22-80-38-24-34(46(66)60-42(48(69)70)30-44(63)64)26-40(28-38)82-50(72)32-3-7-36(8-4-32)58-52(55)56/h1-8,23-28,41-42H,9-22,29-30H2,(H,59,65)(H,60,66)(H,61,62)(H,63,64)(H,67,68)(H,69,70)(H4,53,54,57)(H4,55,56,58)/t41-,42?/m0/s1. The largest absolute Gasteiger partial charge is 0.491 e. The quantitative estimate of drug-likeness (QED) is 0.00971. The van der Waals surface area contributed by atoms with Gasteiger partial charge < -0.3 is 101 Å². The number of esters is 2. The number of nitrogens with zero attached hydrogens (tertiary/aromatic N) is 2.